The Balaban J connectivity index is 1.86. The molecule has 0 saturated carbocycles. The Labute approximate surface area is 163 Å². The molecule has 0 aliphatic carbocycles. The van der Waals surface area contributed by atoms with Gasteiger partial charge in [0.2, 0.25) is 5.91 Å². The number of methoxy groups -OCH3 is 2. The largest absolute Gasteiger partial charge is 0.497 e. The zero-order valence-electron chi connectivity index (χ0n) is 15.2. The molecule has 0 fully saturated rings. The normalized spacial score (nSPS) is 11.5. The van der Waals surface area contributed by atoms with Gasteiger partial charge < -0.3 is 14.8 Å². The minimum Gasteiger partial charge on any atom is -0.497 e. The number of thioether (sulfide) groups is 1. The molecule has 0 aliphatic heterocycles. The molecule has 0 aromatic heterocycles. The predicted molar refractivity (Wildman–Crippen MR) is 110 cm³/mol. The van der Waals surface area contributed by atoms with Gasteiger partial charge in [-0.2, -0.15) is 0 Å². The van der Waals surface area contributed by atoms with Crippen LogP contribution in [0.15, 0.2) is 83.8 Å². The van der Waals surface area contributed by atoms with E-state index in [0.717, 1.165) is 27.6 Å². The van der Waals surface area contributed by atoms with E-state index in [0.29, 0.717) is 0 Å². The molecule has 3 aromatic rings. The maximum absolute atomic E-state index is 13.1. The highest BCUT2D eigenvalue weighted by Crippen LogP contribution is 2.40. The lowest BCUT2D eigenvalue weighted by Gasteiger charge is -2.18. The zero-order valence-corrected chi connectivity index (χ0v) is 16.0. The van der Waals surface area contributed by atoms with E-state index in [1.165, 1.54) is 11.8 Å². The summed E-state index contributed by atoms with van der Waals surface area (Å²) in [6, 6.07) is 24.7. The molecule has 1 N–H and O–H groups in total. The van der Waals surface area contributed by atoms with Crippen LogP contribution < -0.4 is 14.8 Å². The maximum Gasteiger partial charge on any atom is 0.242 e. The summed E-state index contributed by atoms with van der Waals surface area (Å²) in [5.41, 5.74) is 1.65. The Morgan fingerprint density at radius 3 is 2.19 bits per heavy atom. The van der Waals surface area contributed by atoms with Crippen LogP contribution in [-0.4, -0.2) is 20.1 Å². The van der Waals surface area contributed by atoms with Crippen molar-refractivity contribution in [1.29, 1.82) is 0 Å². The molecule has 4 nitrogen and oxygen atoms in total. The van der Waals surface area contributed by atoms with Crippen molar-refractivity contribution in [1.82, 2.24) is 0 Å². The lowest BCUT2D eigenvalue weighted by molar-refractivity contribution is -0.115. The topological polar surface area (TPSA) is 47.6 Å². The fraction of sp³-hybridized carbons (Fsp3) is 0.136. The lowest BCUT2D eigenvalue weighted by atomic mass is 10.1. The summed E-state index contributed by atoms with van der Waals surface area (Å²) in [6.07, 6.45) is 0. The van der Waals surface area contributed by atoms with E-state index in [2.05, 4.69) is 5.32 Å². The fourth-order valence-electron chi connectivity index (χ4n) is 2.63. The van der Waals surface area contributed by atoms with E-state index in [1.807, 2.05) is 78.9 Å². The molecule has 1 unspecified atom stereocenters. The van der Waals surface area contributed by atoms with Gasteiger partial charge in [0.25, 0.3) is 0 Å². The van der Waals surface area contributed by atoms with Crippen LogP contribution >= 0.6 is 11.8 Å². The van der Waals surface area contributed by atoms with E-state index < -0.39 is 5.25 Å². The molecule has 0 bridgehead atoms. The molecule has 27 heavy (non-hydrogen) atoms. The number of anilines is 1. The SMILES string of the molecule is COc1ccc(NC(=O)C(Sc2ccccc2OC)c2ccccc2)cc1. The van der Waals surface area contributed by atoms with Gasteiger partial charge in [0, 0.05) is 5.69 Å². The third kappa shape index (κ3) is 4.83. The van der Waals surface area contributed by atoms with Crippen LogP contribution in [0, 0.1) is 0 Å². The number of rotatable bonds is 7. The summed E-state index contributed by atoms with van der Waals surface area (Å²) in [5, 5.41) is 2.58. The summed E-state index contributed by atoms with van der Waals surface area (Å²) in [6.45, 7) is 0. The Kier molecular flexibility index (Phi) is 6.39. The highest BCUT2D eigenvalue weighted by atomic mass is 32.2. The molecule has 3 aromatic carbocycles. The smallest absolute Gasteiger partial charge is 0.242 e. The van der Waals surface area contributed by atoms with Crippen LogP contribution in [0.1, 0.15) is 10.8 Å². The summed E-state index contributed by atoms with van der Waals surface area (Å²) in [4.78, 5) is 14.0. The first-order valence-electron chi connectivity index (χ1n) is 8.51. The van der Waals surface area contributed by atoms with Crippen LogP contribution in [0.4, 0.5) is 5.69 Å². The van der Waals surface area contributed by atoms with Gasteiger partial charge in [0.15, 0.2) is 0 Å². The second-order valence-electron chi connectivity index (χ2n) is 5.78. The Morgan fingerprint density at radius 1 is 0.852 bits per heavy atom. The molecule has 1 amide bonds. The summed E-state index contributed by atoms with van der Waals surface area (Å²) in [5.74, 6) is 1.40. The standard InChI is InChI=1S/C22H21NO3S/c1-25-18-14-12-17(13-15-18)23-22(24)21(16-8-4-3-5-9-16)27-20-11-7-6-10-19(20)26-2/h3-15,21H,1-2H3,(H,23,24). The van der Waals surface area contributed by atoms with Crippen molar-refractivity contribution in [2.45, 2.75) is 10.1 Å². The molecule has 1 atom stereocenters. The highest BCUT2D eigenvalue weighted by molar-refractivity contribution is 8.00. The van der Waals surface area contributed by atoms with Crippen molar-refractivity contribution in [3.05, 3.63) is 84.4 Å². The molecular weight excluding hydrogens is 358 g/mol. The average Bonchev–Trinajstić information content (AvgIpc) is 2.73. The van der Waals surface area contributed by atoms with E-state index in [-0.39, 0.29) is 5.91 Å². The van der Waals surface area contributed by atoms with Crippen LogP contribution in [0.2, 0.25) is 0 Å². The minimum atomic E-state index is -0.412. The van der Waals surface area contributed by atoms with Gasteiger partial charge >= 0.3 is 0 Å². The van der Waals surface area contributed by atoms with E-state index in [4.69, 9.17) is 9.47 Å². The average molecular weight is 379 g/mol. The molecular formula is C22H21NO3S. The molecule has 0 spiro atoms. The van der Waals surface area contributed by atoms with Crippen LogP contribution in [0.3, 0.4) is 0 Å². The quantitative estimate of drug-likeness (QED) is 0.575. The van der Waals surface area contributed by atoms with E-state index in [9.17, 15) is 4.79 Å². The van der Waals surface area contributed by atoms with Crippen molar-refractivity contribution < 1.29 is 14.3 Å². The first kappa shape index (κ1) is 18.9. The van der Waals surface area contributed by atoms with Crippen molar-refractivity contribution in [3.8, 4) is 11.5 Å². The van der Waals surface area contributed by atoms with Crippen molar-refractivity contribution in [3.63, 3.8) is 0 Å². The zero-order chi connectivity index (χ0) is 19.1. The molecule has 5 heteroatoms. The molecule has 0 heterocycles. The monoisotopic (exact) mass is 379 g/mol. The molecule has 0 aliphatic rings. The number of nitrogens with one attached hydrogen (secondary N) is 1. The minimum absolute atomic E-state index is 0.0951. The maximum atomic E-state index is 13.1. The van der Waals surface area contributed by atoms with Crippen molar-refractivity contribution >= 4 is 23.4 Å². The summed E-state index contributed by atoms with van der Waals surface area (Å²) >= 11 is 1.47. The van der Waals surface area contributed by atoms with Crippen LogP contribution in [0.25, 0.3) is 0 Å². The molecule has 0 saturated heterocycles. The van der Waals surface area contributed by atoms with Crippen LogP contribution in [0.5, 0.6) is 11.5 Å². The molecule has 138 valence electrons. The van der Waals surface area contributed by atoms with Gasteiger partial charge in [-0.05, 0) is 42.0 Å². The number of para-hydroxylation sites is 1. The first-order chi connectivity index (χ1) is 13.2. The molecule has 0 radical (unpaired) electrons. The van der Waals surface area contributed by atoms with Gasteiger partial charge in [0.05, 0.1) is 19.1 Å². The molecule has 3 rings (SSSR count). The fourth-order valence-corrected chi connectivity index (χ4v) is 3.76. The van der Waals surface area contributed by atoms with Crippen molar-refractivity contribution in [2.24, 2.45) is 0 Å². The van der Waals surface area contributed by atoms with Gasteiger partial charge in [-0.25, -0.2) is 0 Å². The van der Waals surface area contributed by atoms with Gasteiger partial charge in [-0.15, -0.1) is 11.8 Å². The van der Waals surface area contributed by atoms with E-state index >= 15 is 0 Å². The number of amides is 1. The number of hydrogen-bond acceptors (Lipinski definition) is 4. The Hall–Kier alpha value is -2.92. The number of carbonyl (C=O) groups is 1. The second-order valence-corrected chi connectivity index (χ2v) is 6.92. The van der Waals surface area contributed by atoms with E-state index in [1.54, 1.807) is 14.2 Å². The van der Waals surface area contributed by atoms with Crippen molar-refractivity contribution in [2.75, 3.05) is 19.5 Å². The van der Waals surface area contributed by atoms with Crippen LogP contribution in [-0.2, 0) is 4.79 Å². The van der Waals surface area contributed by atoms with Gasteiger partial charge in [-0.1, -0.05) is 42.5 Å². The highest BCUT2D eigenvalue weighted by Gasteiger charge is 2.23. The van der Waals surface area contributed by atoms with Gasteiger partial charge in [0.1, 0.15) is 16.7 Å². The Morgan fingerprint density at radius 2 is 1.52 bits per heavy atom. The first-order valence-corrected chi connectivity index (χ1v) is 9.39. The lowest BCUT2D eigenvalue weighted by Crippen LogP contribution is -2.19. The summed E-state index contributed by atoms with van der Waals surface area (Å²) in [7, 11) is 3.25. The van der Waals surface area contributed by atoms with Gasteiger partial charge in [-0.3, -0.25) is 4.79 Å². The Bertz CT molecular complexity index is 882. The summed E-state index contributed by atoms with van der Waals surface area (Å²) < 4.78 is 10.6. The number of ether oxygens (including phenoxy) is 2. The third-order valence-electron chi connectivity index (χ3n) is 4.01. The third-order valence-corrected chi connectivity index (χ3v) is 5.33. The second kappa shape index (κ2) is 9.14. The predicted octanol–water partition coefficient (Wildman–Crippen LogP) is 5.18. The number of benzene rings is 3. The number of carbonyl (C=O) groups excluding carboxylic acids is 1. The number of hydrogen-bond donors (Lipinski definition) is 1.